The molecule has 0 radical (unpaired) electrons. The normalized spacial score (nSPS) is 22.3. The minimum absolute atomic E-state index is 0.0605. The van der Waals surface area contributed by atoms with Crippen LogP contribution in [0.25, 0.3) is 0 Å². The predicted molar refractivity (Wildman–Crippen MR) is 123 cm³/mol. The Morgan fingerprint density at radius 2 is 2.00 bits per heavy atom. The van der Waals surface area contributed by atoms with Crippen LogP contribution in [0.3, 0.4) is 0 Å². The zero-order valence-electron chi connectivity index (χ0n) is 19.1. The van der Waals surface area contributed by atoms with E-state index >= 15 is 0 Å². The van der Waals surface area contributed by atoms with Gasteiger partial charge in [-0.1, -0.05) is 49.6 Å². The molecule has 2 N–H and O–H groups in total. The number of nitrogens with one attached hydrogen (secondary N) is 2. The van der Waals surface area contributed by atoms with Gasteiger partial charge in [-0.25, -0.2) is 4.99 Å². The number of ether oxygens (including phenoxy) is 1. The maximum atomic E-state index is 6.29. The number of nitrogens with zero attached hydrogens (tertiary/aromatic N) is 4. The Hall–Kier alpha value is -2.41. The second kappa shape index (κ2) is 9.81. The molecule has 4 rings (SSSR count). The summed E-state index contributed by atoms with van der Waals surface area (Å²) < 4.78 is 8.29. The van der Waals surface area contributed by atoms with Gasteiger partial charge in [0.1, 0.15) is 12.4 Å². The second-order valence-electron chi connectivity index (χ2n) is 9.09. The van der Waals surface area contributed by atoms with Crippen LogP contribution in [-0.2, 0) is 18.3 Å². The van der Waals surface area contributed by atoms with Crippen LogP contribution in [0.2, 0.25) is 0 Å². The molecule has 31 heavy (non-hydrogen) atoms. The molecule has 168 valence electrons. The Balaban J connectivity index is 1.48. The van der Waals surface area contributed by atoms with Crippen LogP contribution in [0.4, 0.5) is 0 Å². The first-order chi connectivity index (χ1) is 15.0. The molecule has 1 saturated carbocycles. The largest absolute Gasteiger partial charge is 0.375 e. The Morgan fingerprint density at radius 1 is 1.23 bits per heavy atom. The van der Waals surface area contributed by atoms with Gasteiger partial charge < -0.3 is 19.9 Å². The highest BCUT2D eigenvalue weighted by molar-refractivity contribution is 5.80. The molecule has 1 aliphatic heterocycles. The fraction of sp³-hybridized carbons (Fsp3) is 0.625. The first kappa shape index (κ1) is 21.8. The number of aliphatic imine (C=N–C) groups is 1. The molecule has 7 nitrogen and oxygen atoms in total. The molecular formula is C24H36N6O. The summed E-state index contributed by atoms with van der Waals surface area (Å²) in [6.45, 7) is 5.44. The minimum atomic E-state index is 0.0605. The van der Waals surface area contributed by atoms with E-state index in [1.54, 1.807) is 0 Å². The number of hydrogen-bond acceptors (Lipinski definition) is 4. The third kappa shape index (κ3) is 5.45. The van der Waals surface area contributed by atoms with Gasteiger partial charge in [0, 0.05) is 19.7 Å². The molecule has 2 unspecified atom stereocenters. The van der Waals surface area contributed by atoms with Crippen LogP contribution >= 0.6 is 0 Å². The topological polar surface area (TPSA) is 76.4 Å². The van der Waals surface area contributed by atoms with Crippen LogP contribution in [0.5, 0.6) is 0 Å². The van der Waals surface area contributed by atoms with E-state index in [-0.39, 0.29) is 11.6 Å². The van der Waals surface area contributed by atoms with Crippen molar-refractivity contribution in [1.82, 2.24) is 25.4 Å². The smallest absolute Gasteiger partial charge is 0.192 e. The zero-order valence-corrected chi connectivity index (χ0v) is 19.1. The monoisotopic (exact) mass is 424 g/mol. The lowest BCUT2D eigenvalue weighted by molar-refractivity contribution is -0.107. The fourth-order valence-corrected chi connectivity index (χ4v) is 4.79. The van der Waals surface area contributed by atoms with Gasteiger partial charge in [-0.2, -0.15) is 0 Å². The number of hydrogen-bond donors (Lipinski definition) is 2. The maximum absolute atomic E-state index is 6.29. The molecular weight excluding hydrogens is 388 g/mol. The Labute approximate surface area is 185 Å². The molecule has 2 fully saturated rings. The van der Waals surface area contributed by atoms with Gasteiger partial charge in [0.2, 0.25) is 0 Å². The zero-order chi connectivity index (χ0) is 21.7. The van der Waals surface area contributed by atoms with Crippen molar-refractivity contribution in [2.75, 3.05) is 6.61 Å². The van der Waals surface area contributed by atoms with Crippen LogP contribution in [0.15, 0.2) is 35.3 Å². The summed E-state index contributed by atoms with van der Waals surface area (Å²) in [5, 5.41) is 15.8. The molecule has 1 aliphatic carbocycles. The average Bonchev–Trinajstić information content (AvgIpc) is 3.11. The van der Waals surface area contributed by atoms with Gasteiger partial charge >= 0.3 is 0 Å². The van der Waals surface area contributed by atoms with Crippen LogP contribution < -0.4 is 10.6 Å². The van der Waals surface area contributed by atoms with Crippen molar-refractivity contribution in [2.45, 2.75) is 83.0 Å². The number of aryl methyl sites for hydroxylation is 1. The van der Waals surface area contributed by atoms with Crippen molar-refractivity contribution < 1.29 is 4.74 Å². The van der Waals surface area contributed by atoms with Gasteiger partial charge in [0.25, 0.3) is 0 Å². The lowest BCUT2D eigenvalue weighted by atomic mass is 9.78. The molecule has 2 aromatic rings. The number of rotatable bonds is 5. The summed E-state index contributed by atoms with van der Waals surface area (Å²) in [5.74, 6) is 2.59. The van der Waals surface area contributed by atoms with E-state index in [9.17, 15) is 0 Å². The number of benzene rings is 1. The van der Waals surface area contributed by atoms with Crippen molar-refractivity contribution in [3.8, 4) is 0 Å². The van der Waals surface area contributed by atoms with E-state index in [4.69, 9.17) is 9.73 Å². The highest BCUT2D eigenvalue weighted by atomic mass is 16.5. The summed E-state index contributed by atoms with van der Waals surface area (Å²) in [6.07, 6.45) is 8.32. The Kier molecular flexibility index (Phi) is 6.90. The molecule has 1 spiro atoms. The fourth-order valence-electron chi connectivity index (χ4n) is 4.79. The number of guanidine groups is 1. The molecule has 1 aromatic carbocycles. The molecule has 7 heteroatoms. The van der Waals surface area contributed by atoms with Crippen molar-refractivity contribution in [3.63, 3.8) is 0 Å². The van der Waals surface area contributed by atoms with Crippen molar-refractivity contribution in [2.24, 2.45) is 12.0 Å². The van der Waals surface area contributed by atoms with E-state index in [2.05, 4.69) is 52.0 Å². The van der Waals surface area contributed by atoms with Crippen molar-refractivity contribution in [3.05, 3.63) is 47.5 Å². The molecule has 0 bridgehead atoms. The van der Waals surface area contributed by atoms with E-state index in [0.717, 1.165) is 37.1 Å². The Morgan fingerprint density at radius 3 is 2.71 bits per heavy atom. The van der Waals surface area contributed by atoms with Crippen LogP contribution in [0, 0.1) is 6.92 Å². The maximum Gasteiger partial charge on any atom is 0.192 e. The van der Waals surface area contributed by atoms with Gasteiger partial charge in [-0.15, -0.1) is 10.2 Å². The standard InChI is InChI=1S/C24H36N6O/c1-18(20-10-6-4-7-11-20)26-23(25-17-22-29-28-19(2)30(22)3)27-21-12-15-31-24(16-21)13-8-5-9-14-24/h4,6-7,10-11,18,21H,5,8-9,12-17H2,1-3H3,(H2,25,26,27). The third-order valence-corrected chi connectivity index (χ3v) is 6.81. The van der Waals surface area contributed by atoms with Gasteiger partial charge in [0.05, 0.1) is 11.6 Å². The lowest BCUT2D eigenvalue weighted by Gasteiger charge is -2.44. The average molecular weight is 425 g/mol. The summed E-state index contributed by atoms with van der Waals surface area (Å²) in [6, 6.07) is 11.0. The quantitative estimate of drug-likeness (QED) is 0.564. The van der Waals surface area contributed by atoms with Gasteiger partial charge in [0.15, 0.2) is 11.8 Å². The lowest BCUT2D eigenvalue weighted by Crippen LogP contribution is -2.52. The summed E-state index contributed by atoms with van der Waals surface area (Å²) in [4.78, 5) is 4.89. The molecule has 1 aromatic heterocycles. The first-order valence-corrected chi connectivity index (χ1v) is 11.7. The molecule has 2 heterocycles. The summed E-state index contributed by atoms with van der Waals surface area (Å²) in [7, 11) is 1.98. The highest BCUT2D eigenvalue weighted by Gasteiger charge is 2.38. The minimum Gasteiger partial charge on any atom is -0.375 e. The van der Waals surface area contributed by atoms with E-state index in [1.165, 1.54) is 37.7 Å². The second-order valence-corrected chi connectivity index (χ2v) is 9.09. The van der Waals surface area contributed by atoms with Crippen LogP contribution in [0.1, 0.15) is 75.1 Å². The number of aromatic nitrogens is 3. The summed E-state index contributed by atoms with van der Waals surface area (Å²) in [5.41, 5.74) is 1.30. The molecule has 0 amide bonds. The van der Waals surface area contributed by atoms with Crippen LogP contribution in [-0.4, -0.2) is 39.0 Å². The SMILES string of the molecule is Cc1nnc(CN=C(NC2CCOC3(CCCCC3)C2)NC(C)c2ccccc2)n1C. The highest BCUT2D eigenvalue weighted by Crippen LogP contribution is 2.38. The predicted octanol–water partition coefficient (Wildman–Crippen LogP) is 3.80. The molecule has 2 aliphatic rings. The molecule has 2 atom stereocenters. The summed E-state index contributed by atoms with van der Waals surface area (Å²) >= 11 is 0. The van der Waals surface area contributed by atoms with E-state index in [0.29, 0.717) is 12.6 Å². The van der Waals surface area contributed by atoms with Crippen molar-refractivity contribution in [1.29, 1.82) is 0 Å². The first-order valence-electron chi connectivity index (χ1n) is 11.7. The Bertz CT molecular complexity index is 866. The van der Waals surface area contributed by atoms with E-state index in [1.807, 2.05) is 24.6 Å². The molecule has 1 saturated heterocycles. The van der Waals surface area contributed by atoms with Gasteiger partial charge in [-0.3, -0.25) is 0 Å². The third-order valence-electron chi connectivity index (χ3n) is 6.81. The van der Waals surface area contributed by atoms with E-state index < -0.39 is 0 Å². The van der Waals surface area contributed by atoms with Crippen molar-refractivity contribution >= 4 is 5.96 Å². The van der Waals surface area contributed by atoms with Gasteiger partial charge in [-0.05, 0) is 45.1 Å².